The molecule has 6 heteroatoms. The first-order valence-electron chi connectivity index (χ1n) is 7.42. The molecule has 6 nitrogen and oxygen atoms in total. The van der Waals surface area contributed by atoms with E-state index in [9.17, 15) is 19.8 Å². The second kappa shape index (κ2) is 6.25. The average Bonchev–Trinajstić information content (AvgIpc) is 2.46. The van der Waals surface area contributed by atoms with Gasteiger partial charge in [-0.15, -0.1) is 0 Å². The second-order valence-electron chi connectivity index (χ2n) is 5.88. The van der Waals surface area contributed by atoms with Crippen LogP contribution in [0.2, 0.25) is 0 Å². The van der Waals surface area contributed by atoms with Gasteiger partial charge in [0, 0.05) is 39.2 Å². The fourth-order valence-electron chi connectivity index (χ4n) is 2.62. The zero-order valence-corrected chi connectivity index (χ0v) is 13.2. The van der Waals surface area contributed by atoms with Gasteiger partial charge < -0.3 is 20.0 Å². The van der Waals surface area contributed by atoms with Crippen molar-refractivity contribution in [2.45, 2.75) is 26.7 Å². The molecule has 1 saturated heterocycles. The number of hydrogen-bond acceptors (Lipinski definition) is 4. The number of phenolic OH excluding ortho intramolecular Hbond substituents is 2. The van der Waals surface area contributed by atoms with Crippen molar-refractivity contribution in [3.05, 3.63) is 23.3 Å². The summed E-state index contributed by atoms with van der Waals surface area (Å²) in [4.78, 5) is 27.2. The third-order valence-corrected chi connectivity index (χ3v) is 4.01. The highest BCUT2D eigenvalue weighted by Crippen LogP contribution is 2.32. The Hall–Kier alpha value is -2.24. The van der Waals surface area contributed by atoms with Crippen LogP contribution in [0.1, 0.15) is 42.6 Å². The zero-order chi connectivity index (χ0) is 16.4. The lowest BCUT2D eigenvalue weighted by Gasteiger charge is -2.34. The molecule has 0 atom stereocenters. The summed E-state index contributed by atoms with van der Waals surface area (Å²) in [7, 11) is 0. The van der Waals surface area contributed by atoms with E-state index in [0.29, 0.717) is 31.7 Å². The van der Waals surface area contributed by atoms with Gasteiger partial charge >= 0.3 is 0 Å². The van der Waals surface area contributed by atoms with E-state index in [-0.39, 0.29) is 34.8 Å². The molecule has 1 aromatic rings. The molecule has 1 fully saturated rings. The highest BCUT2D eigenvalue weighted by Gasteiger charge is 2.26. The lowest BCUT2D eigenvalue weighted by Crippen LogP contribution is -2.50. The highest BCUT2D eigenvalue weighted by molar-refractivity contribution is 5.97. The third kappa shape index (κ3) is 3.16. The first-order valence-corrected chi connectivity index (χ1v) is 7.42. The molecule has 0 saturated carbocycles. The SMILES string of the molecule is CC(=O)N1CCN(C(=O)c2cc(C(C)C)c(O)cc2O)CC1. The maximum atomic E-state index is 12.6. The number of rotatable bonds is 2. The molecular formula is C16H22N2O4. The van der Waals surface area contributed by atoms with Crippen molar-refractivity contribution >= 4 is 11.8 Å². The minimum atomic E-state index is -0.275. The molecular weight excluding hydrogens is 284 g/mol. The normalized spacial score (nSPS) is 15.3. The van der Waals surface area contributed by atoms with Crippen molar-refractivity contribution in [2.24, 2.45) is 0 Å². The molecule has 1 aliphatic heterocycles. The van der Waals surface area contributed by atoms with E-state index in [1.807, 2.05) is 13.8 Å². The minimum absolute atomic E-state index is 0.00155. The summed E-state index contributed by atoms with van der Waals surface area (Å²) in [5, 5.41) is 19.8. The van der Waals surface area contributed by atoms with Crippen LogP contribution < -0.4 is 0 Å². The van der Waals surface area contributed by atoms with Gasteiger partial charge in [-0.2, -0.15) is 0 Å². The van der Waals surface area contributed by atoms with E-state index in [1.54, 1.807) is 15.9 Å². The van der Waals surface area contributed by atoms with Crippen LogP contribution in [0.5, 0.6) is 11.5 Å². The number of phenols is 2. The minimum Gasteiger partial charge on any atom is -0.508 e. The fraction of sp³-hybridized carbons (Fsp3) is 0.500. The van der Waals surface area contributed by atoms with Crippen LogP contribution in [0.25, 0.3) is 0 Å². The van der Waals surface area contributed by atoms with Gasteiger partial charge in [0.15, 0.2) is 0 Å². The van der Waals surface area contributed by atoms with Gasteiger partial charge in [-0.1, -0.05) is 13.8 Å². The number of carbonyl (C=O) groups excluding carboxylic acids is 2. The summed E-state index contributed by atoms with van der Waals surface area (Å²) in [5.74, 6) is -0.461. The molecule has 1 heterocycles. The van der Waals surface area contributed by atoms with Crippen molar-refractivity contribution in [1.82, 2.24) is 9.80 Å². The number of aromatic hydroxyl groups is 2. The van der Waals surface area contributed by atoms with Gasteiger partial charge in [-0.25, -0.2) is 0 Å². The van der Waals surface area contributed by atoms with Gasteiger partial charge in [0.2, 0.25) is 5.91 Å². The lowest BCUT2D eigenvalue weighted by molar-refractivity contribution is -0.130. The van der Waals surface area contributed by atoms with Gasteiger partial charge in [-0.3, -0.25) is 9.59 Å². The summed E-state index contributed by atoms with van der Waals surface area (Å²) in [6.07, 6.45) is 0. The van der Waals surface area contributed by atoms with Crippen molar-refractivity contribution in [3.8, 4) is 11.5 Å². The monoisotopic (exact) mass is 306 g/mol. The van der Waals surface area contributed by atoms with Gasteiger partial charge in [-0.05, 0) is 17.5 Å². The van der Waals surface area contributed by atoms with Crippen LogP contribution in [-0.2, 0) is 4.79 Å². The predicted molar refractivity (Wildman–Crippen MR) is 82.0 cm³/mol. The van der Waals surface area contributed by atoms with Crippen LogP contribution in [0.4, 0.5) is 0 Å². The molecule has 0 spiro atoms. The van der Waals surface area contributed by atoms with Crippen LogP contribution >= 0.6 is 0 Å². The topological polar surface area (TPSA) is 81.1 Å². The Morgan fingerprint density at radius 3 is 2.05 bits per heavy atom. The number of amides is 2. The summed E-state index contributed by atoms with van der Waals surface area (Å²) in [6, 6.07) is 2.77. The van der Waals surface area contributed by atoms with Gasteiger partial charge in [0.25, 0.3) is 5.91 Å². The molecule has 0 aromatic heterocycles. The number of benzene rings is 1. The Kier molecular flexibility index (Phi) is 4.59. The number of carbonyl (C=O) groups is 2. The Balaban J connectivity index is 2.20. The fourth-order valence-corrected chi connectivity index (χ4v) is 2.62. The summed E-state index contributed by atoms with van der Waals surface area (Å²) in [6.45, 7) is 7.20. The molecule has 0 bridgehead atoms. The molecule has 22 heavy (non-hydrogen) atoms. The molecule has 2 amide bonds. The van der Waals surface area contributed by atoms with Crippen molar-refractivity contribution in [3.63, 3.8) is 0 Å². The molecule has 0 radical (unpaired) electrons. The summed E-state index contributed by atoms with van der Waals surface area (Å²) >= 11 is 0. The Morgan fingerprint density at radius 2 is 1.55 bits per heavy atom. The third-order valence-electron chi connectivity index (χ3n) is 4.01. The Labute approximate surface area is 130 Å². The summed E-state index contributed by atoms with van der Waals surface area (Å²) in [5.41, 5.74) is 0.821. The van der Waals surface area contributed by atoms with E-state index < -0.39 is 0 Å². The van der Waals surface area contributed by atoms with Crippen LogP contribution in [0, 0.1) is 0 Å². The maximum absolute atomic E-state index is 12.6. The van der Waals surface area contributed by atoms with E-state index >= 15 is 0 Å². The average molecular weight is 306 g/mol. The molecule has 1 aromatic carbocycles. The Morgan fingerprint density at radius 1 is 1.00 bits per heavy atom. The number of nitrogens with zero attached hydrogens (tertiary/aromatic N) is 2. The Bertz CT molecular complexity index is 590. The quantitative estimate of drug-likeness (QED) is 0.868. The molecule has 120 valence electrons. The molecule has 0 unspecified atom stereocenters. The standard InChI is InChI=1S/C16H22N2O4/c1-10(2)12-8-13(15(21)9-14(12)20)16(22)18-6-4-17(5-7-18)11(3)19/h8-10,20-21H,4-7H2,1-3H3. The first-order chi connectivity index (χ1) is 10.3. The van der Waals surface area contributed by atoms with E-state index in [1.165, 1.54) is 13.0 Å². The van der Waals surface area contributed by atoms with Crippen molar-refractivity contribution < 1.29 is 19.8 Å². The summed E-state index contributed by atoms with van der Waals surface area (Å²) < 4.78 is 0. The smallest absolute Gasteiger partial charge is 0.257 e. The van der Waals surface area contributed by atoms with E-state index in [4.69, 9.17) is 0 Å². The van der Waals surface area contributed by atoms with E-state index in [2.05, 4.69) is 0 Å². The van der Waals surface area contributed by atoms with Crippen molar-refractivity contribution in [1.29, 1.82) is 0 Å². The zero-order valence-electron chi connectivity index (χ0n) is 13.2. The van der Waals surface area contributed by atoms with Crippen LogP contribution in [-0.4, -0.2) is 58.0 Å². The molecule has 2 rings (SSSR count). The molecule has 0 aliphatic carbocycles. The second-order valence-corrected chi connectivity index (χ2v) is 5.88. The van der Waals surface area contributed by atoms with Crippen LogP contribution in [0.15, 0.2) is 12.1 Å². The molecule has 2 N–H and O–H groups in total. The molecule has 1 aliphatic rings. The number of piperazine rings is 1. The highest BCUT2D eigenvalue weighted by atomic mass is 16.3. The van der Waals surface area contributed by atoms with Crippen LogP contribution in [0.3, 0.4) is 0 Å². The van der Waals surface area contributed by atoms with Crippen molar-refractivity contribution in [2.75, 3.05) is 26.2 Å². The van der Waals surface area contributed by atoms with Gasteiger partial charge in [0.1, 0.15) is 11.5 Å². The largest absolute Gasteiger partial charge is 0.508 e. The first kappa shape index (κ1) is 16.1. The number of hydrogen-bond donors (Lipinski definition) is 2. The van der Waals surface area contributed by atoms with E-state index in [0.717, 1.165) is 0 Å². The van der Waals surface area contributed by atoms with Gasteiger partial charge in [0.05, 0.1) is 5.56 Å². The predicted octanol–water partition coefficient (Wildman–Crippen LogP) is 1.53. The lowest BCUT2D eigenvalue weighted by atomic mass is 9.98. The maximum Gasteiger partial charge on any atom is 0.257 e.